The highest BCUT2D eigenvalue weighted by atomic mass is 79.9. The van der Waals surface area contributed by atoms with Gasteiger partial charge in [0.25, 0.3) is 5.19 Å². The van der Waals surface area contributed by atoms with Gasteiger partial charge in [-0.05, 0) is 61.7 Å². The van der Waals surface area contributed by atoms with E-state index in [-0.39, 0.29) is 0 Å². The van der Waals surface area contributed by atoms with E-state index in [1.165, 1.54) is 17.1 Å². The van der Waals surface area contributed by atoms with Crippen LogP contribution in [0, 0.1) is 13.8 Å². The summed E-state index contributed by atoms with van der Waals surface area (Å²) in [4.78, 5) is 11.1. The molecule has 0 aliphatic carbocycles. The molecule has 0 aliphatic heterocycles. The quantitative estimate of drug-likeness (QED) is 0.326. The van der Waals surface area contributed by atoms with Gasteiger partial charge in [0.15, 0.2) is 5.82 Å². The van der Waals surface area contributed by atoms with Crippen molar-refractivity contribution < 1.29 is 4.74 Å². The van der Waals surface area contributed by atoms with Gasteiger partial charge >= 0.3 is 0 Å². The Morgan fingerprint density at radius 3 is 2.64 bits per heavy atom. The second kappa shape index (κ2) is 9.30. The zero-order chi connectivity index (χ0) is 20.1. The molecule has 28 heavy (non-hydrogen) atoms. The molecule has 5 nitrogen and oxygen atoms in total. The number of aryl methyl sites for hydroxylation is 2. The molecule has 0 spiro atoms. The third kappa shape index (κ3) is 5.39. The Bertz CT molecular complexity index is 969. The zero-order valence-corrected chi connectivity index (χ0v) is 18.8. The molecule has 3 aromatic rings. The van der Waals surface area contributed by atoms with Crippen LogP contribution in [0.15, 0.2) is 45.9 Å². The van der Waals surface area contributed by atoms with E-state index >= 15 is 0 Å². The third-order valence-corrected chi connectivity index (χ3v) is 5.47. The summed E-state index contributed by atoms with van der Waals surface area (Å²) in [5.74, 6) is 1.55. The van der Waals surface area contributed by atoms with E-state index in [4.69, 9.17) is 4.74 Å². The number of aromatic nitrogens is 2. The summed E-state index contributed by atoms with van der Waals surface area (Å²) in [7, 11) is 2.00. The first-order chi connectivity index (χ1) is 13.4. The van der Waals surface area contributed by atoms with Gasteiger partial charge in [-0.15, -0.1) is 0 Å². The number of rotatable bonds is 7. The minimum atomic E-state index is 0.552. The number of benzene rings is 2. The van der Waals surface area contributed by atoms with Crippen LogP contribution in [-0.2, 0) is 6.42 Å². The summed E-state index contributed by atoms with van der Waals surface area (Å²) < 4.78 is 11.5. The molecule has 0 N–H and O–H groups in total. The van der Waals surface area contributed by atoms with E-state index < -0.39 is 0 Å². The highest BCUT2D eigenvalue weighted by Crippen LogP contribution is 2.32. The molecule has 2 aromatic carbocycles. The van der Waals surface area contributed by atoms with Crippen molar-refractivity contribution in [1.82, 2.24) is 14.3 Å². The number of nitrogens with zero attached hydrogens (tertiary/aromatic N) is 4. The lowest BCUT2D eigenvalue weighted by molar-refractivity contribution is 0.473. The van der Waals surface area contributed by atoms with Gasteiger partial charge < -0.3 is 9.64 Å². The Morgan fingerprint density at radius 1 is 1.18 bits per heavy atom. The van der Waals surface area contributed by atoms with Crippen LogP contribution >= 0.6 is 27.5 Å². The van der Waals surface area contributed by atoms with Crippen molar-refractivity contribution in [2.75, 3.05) is 13.6 Å². The van der Waals surface area contributed by atoms with Crippen LogP contribution < -0.4 is 4.74 Å². The molecule has 1 heterocycles. The van der Waals surface area contributed by atoms with Gasteiger partial charge in [0.2, 0.25) is 0 Å². The van der Waals surface area contributed by atoms with E-state index in [1.54, 1.807) is 0 Å². The number of hydrogen-bond acceptors (Lipinski definition) is 5. The average molecular weight is 459 g/mol. The molecule has 0 saturated carbocycles. The number of aliphatic imine (C=N–C) groups is 1. The van der Waals surface area contributed by atoms with Crippen molar-refractivity contribution in [3.05, 3.63) is 63.4 Å². The number of ether oxygens (including phenoxy) is 1. The summed E-state index contributed by atoms with van der Waals surface area (Å²) in [6, 6.07) is 12.2. The maximum absolute atomic E-state index is 6.00. The first-order valence-electron chi connectivity index (χ1n) is 9.05. The van der Waals surface area contributed by atoms with Crippen LogP contribution in [0.2, 0.25) is 0 Å². The lowest BCUT2D eigenvalue weighted by atomic mass is 10.1. The van der Waals surface area contributed by atoms with Gasteiger partial charge in [-0.25, -0.2) is 4.99 Å². The number of halogens is 1. The van der Waals surface area contributed by atoms with Crippen molar-refractivity contribution in [1.29, 1.82) is 0 Å². The van der Waals surface area contributed by atoms with Crippen LogP contribution in [0.3, 0.4) is 0 Å². The van der Waals surface area contributed by atoms with Gasteiger partial charge in [-0.1, -0.05) is 28.1 Å². The van der Waals surface area contributed by atoms with E-state index in [0.717, 1.165) is 39.4 Å². The highest BCUT2D eigenvalue weighted by Gasteiger charge is 2.11. The fraction of sp³-hybridized carbons (Fsp3) is 0.286. The maximum atomic E-state index is 6.00. The van der Waals surface area contributed by atoms with E-state index in [0.29, 0.717) is 11.6 Å². The van der Waals surface area contributed by atoms with Gasteiger partial charge in [0, 0.05) is 36.0 Å². The molecule has 0 aliphatic rings. The lowest BCUT2D eigenvalue weighted by Crippen LogP contribution is -2.14. The Balaban J connectivity index is 1.71. The van der Waals surface area contributed by atoms with Crippen LogP contribution in [0.25, 0.3) is 0 Å². The largest absolute Gasteiger partial charge is 0.430 e. The van der Waals surface area contributed by atoms with Crippen LogP contribution in [0.1, 0.15) is 29.4 Å². The predicted octanol–water partition coefficient (Wildman–Crippen LogP) is 5.91. The summed E-state index contributed by atoms with van der Waals surface area (Å²) >= 11 is 4.72. The first kappa shape index (κ1) is 20.5. The van der Waals surface area contributed by atoms with Crippen molar-refractivity contribution in [2.24, 2.45) is 4.99 Å². The second-order valence-electron chi connectivity index (χ2n) is 6.60. The van der Waals surface area contributed by atoms with E-state index in [2.05, 4.69) is 49.3 Å². The Kier molecular flexibility index (Phi) is 6.80. The SMILES string of the molecule is CCN(C)/C=N\c1cc(C)c(Oc2nc(Cc3ccc(Br)cc3)ns2)cc1C. The fourth-order valence-corrected chi connectivity index (χ4v) is 3.32. The topological polar surface area (TPSA) is 50.6 Å². The van der Waals surface area contributed by atoms with Crippen molar-refractivity contribution in [3.63, 3.8) is 0 Å². The minimum Gasteiger partial charge on any atom is -0.430 e. The molecule has 0 radical (unpaired) electrons. The first-order valence-corrected chi connectivity index (χ1v) is 10.6. The van der Waals surface area contributed by atoms with E-state index in [1.807, 2.05) is 56.4 Å². The second-order valence-corrected chi connectivity index (χ2v) is 8.23. The summed E-state index contributed by atoms with van der Waals surface area (Å²) in [6.45, 7) is 7.06. The Labute approximate surface area is 178 Å². The molecule has 0 atom stereocenters. The van der Waals surface area contributed by atoms with Gasteiger partial charge in [-0.2, -0.15) is 9.36 Å². The van der Waals surface area contributed by atoms with Gasteiger partial charge in [0.05, 0.1) is 12.0 Å². The molecule has 0 amide bonds. The molecule has 0 fully saturated rings. The molecule has 0 bridgehead atoms. The van der Waals surface area contributed by atoms with Crippen molar-refractivity contribution >= 4 is 39.5 Å². The highest BCUT2D eigenvalue weighted by molar-refractivity contribution is 9.10. The van der Waals surface area contributed by atoms with Crippen LogP contribution in [0.5, 0.6) is 10.9 Å². The minimum absolute atomic E-state index is 0.552. The molecular weight excluding hydrogens is 436 g/mol. The van der Waals surface area contributed by atoms with Crippen molar-refractivity contribution in [2.45, 2.75) is 27.2 Å². The molecule has 1 aromatic heterocycles. The van der Waals surface area contributed by atoms with E-state index in [9.17, 15) is 0 Å². The summed E-state index contributed by atoms with van der Waals surface area (Å²) in [6.07, 6.45) is 2.53. The standard InChI is InChI=1S/C21H23BrN4OS/c1-5-26(4)13-23-18-10-15(3)19(11-14(18)2)27-21-24-20(25-28-21)12-16-6-8-17(22)9-7-16/h6-11,13H,5,12H2,1-4H3/b23-13-. The van der Waals surface area contributed by atoms with Gasteiger partial charge in [-0.3, -0.25) is 0 Å². The lowest BCUT2D eigenvalue weighted by Gasteiger charge is -2.11. The monoisotopic (exact) mass is 458 g/mol. The Hall–Kier alpha value is -2.25. The smallest absolute Gasteiger partial charge is 0.298 e. The zero-order valence-electron chi connectivity index (χ0n) is 16.4. The van der Waals surface area contributed by atoms with Gasteiger partial charge in [0.1, 0.15) is 5.75 Å². The predicted molar refractivity (Wildman–Crippen MR) is 119 cm³/mol. The third-order valence-electron chi connectivity index (χ3n) is 4.31. The Morgan fingerprint density at radius 2 is 1.93 bits per heavy atom. The summed E-state index contributed by atoms with van der Waals surface area (Å²) in [5, 5.41) is 0.552. The normalized spacial score (nSPS) is 11.2. The van der Waals surface area contributed by atoms with Crippen molar-refractivity contribution in [3.8, 4) is 10.9 Å². The molecule has 146 valence electrons. The summed E-state index contributed by atoms with van der Waals surface area (Å²) in [5.41, 5.74) is 4.18. The molecule has 3 rings (SSSR count). The van der Waals surface area contributed by atoms with Crippen LogP contribution in [0.4, 0.5) is 5.69 Å². The molecule has 7 heteroatoms. The molecule has 0 saturated heterocycles. The number of hydrogen-bond donors (Lipinski definition) is 0. The molecule has 0 unspecified atom stereocenters. The van der Waals surface area contributed by atoms with Crippen LogP contribution in [-0.4, -0.2) is 34.2 Å². The average Bonchev–Trinajstić information content (AvgIpc) is 3.11. The molecular formula is C21H23BrN4OS. The fourth-order valence-electron chi connectivity index (χ4n) is 2.50. The maximum Gasteiger partial charge on any atom is 0.298 e.